The molecule has 0 bridgehead atoms. The van der Waals surface area contributed by atoms with E-state index in [0.717, 1.165) is 31.7 Å². The van der Waals surface area contributed by atoms with Crippen molar-refractivity contribution in [2.75, 3.05) is 23.3 Å². The molecule has 2 fully saturated rings. The topological polar surface area (TPSA) is 52.7 Å². The Balaban J connectivity index is 1.47. The van der Waals surface area contributed by atoms with E-state index in [0.29, 0.717) is 30.0 Å². The summed E-state index contributed by atoms with van der Waals surface area (Å²) in [7, 11) is 0. The van der Waals surface area contributed by atoms with Crippen molar-refractivity contribution in [1.82, 2.24) is 4.90 Å². The summed E-state index contributed by atoms with van der Waals surface area (Å²) in [5.74, 6) is -1.21. The Labute approximate surface area is 168 Å². The van der Waals surface area contributed by atoms with Crippen LogP contribution in [0, 0.1) is 17.6 Å². The number of hydrogen-bond donors (Lipinski definition) is 1. The van der Waals surface area contributed by atoms with E-state index in [-0.39, 0.29) is 24.4 Å². The first-order valence-corrected chi connectivity index (χ1v) is 9.92. The van der Waals surface area contributed by atoms with Crippen molar-refractivity contribution in [3.63, 3.8) is 0 Å². The smallest absolute Gasteiger partial charge is 0.324 e. The van der Waals surface area contributed by atoms with E-state index < -0.39 is 11.6 Å². The molecule has 1 N–H and O–H groups in total. The molecule has 5 nitrogen and oxygen atoms in total. The predicted molar refractivity (Wildman–Crippen MR) is 107 cm³/mol. The molecule has 0 spiro atoms. The van der Waals surface area contributed by atoms with Gasteiger partial charge in [-0.1, -0.05) is 12.5 Å². The first-order valence-electron chi connectivity index (χ1n) is 9.92. The van der Waals surface area contributed by atoms with Gasteiger partial charge in [0, 0.05) is 43.0 Å². The zero-order valence-electron chi connectivity index (χ0n) is 16.0. The molecule has 0 atom stereocenters. The Hall–Kier alpha value is -2.96. The van der Waals surface area contributed by atoms with E-state index >= 15 is 0 Å². The predicted octanol–water partition coefficient (Wildman–Crippen LogP) is 4.54. The summed E-state index contributed by atoms with van der Waals surface area (Å²) in [6.45, 7) is 1.21. The summed E-state index contributed by atoms with van der Waals surface area (Å²) < 4.78 is 26.9. The van der Waals surface area contributed by atoms with Gasteiger partial charge in [0.15, 0.2) is 0 Å². The molecule has 1 aliphatic carbocycles. The van der Waals surface area contributed by atoms with Gasteiger partial charge in [0.2, 0.25) is 5.91 Å². The highest BCUT2D eigenvalue weighted by Gasteiger charge is 2.28. The SMILES string of the molecule is O=C(Nc1cccc(N2CCCN(Cc3cc(F)cc(F)c3)C2=O)c1)C1CCC1. The minimum absolute atomic E-state index is 0.0214. The third-order valence-electron chi connectivity index (χ3n) is 5.51. The number of nitrogens with one attached hydrogen (secondary N) is 1. The van der Waals surface area contributed by atoms with Crippen LogP contribution in [0.2, 0.25) is 0 Å². The Bertz CT molecular complexity index is 910. The maximum absolute atomic E-state index is 13.5. The fourth-order valence-electron chi connectivity index (χ4n) is 3.76. The van der Waals surface area contributed by atoms with Gasteiger partial charge < -0.3 is 10.2 Å². The molecular formula is C22H23F2N3O2. The lowest BCUT2D eigenvalue weighted by molar-refractivity contribution is -0.122. The highest BCUT2D eigenvalue weighted by molar-refractivity contribution is 5.96. The molecule has 7 heteroatoms. The number of amides is 3. The van der Waals surface area contributed by atoms with Gasteiger partial charge in [0.05, 0.1) is 0 Å². The zero-order chi connectivity index (χ0) is 20.4. The standard InChI is InChI=1S/C22H23F2N3O2/c23-17-10-15(11-18(24)12-17)14-26-8-3-9-27(22(26)29)20-7-2-6-19(13-20)25-21(28)16-4-1-5-16/h2,6-7,10-13,16H,1,3-5,8-9,14H2,(H,25,28). The second-order valence-electron chi connectivity index (χ2n) is 7.65. The molecule has 2 aromatic rings. The van der Waals surface area contributed by atoms with Crippen molar-refractivity contribution in [2.45, 2.75) is 32.2 Å². The van der Waals surface area contributed by atoms with Gasteiger partial charge in [-0.2, -0.15) is 0 Å². The average molecular weight is 399 g/mol. The third kappa shape index (κ3) is 4.39. The molecule has 1 aliphatic heterocycles. The number of carbonyl (C=O) groups is 2. The van der Waals surface area contributed by atoms with E-state index in [1.807, 2.05) is 12.1 Å². The fourth-order valence-corrected chi connectivity index (χ4v) is 3.76. The lowest BCUT2D eigenvalue weighted by Gasteiger charge is -2.36. The maximum atomic E-state index is 13.5. The van der Waals surface area contributed by atoms with Crippen LogP contribution in [0.15, 0.2) is 42.5 Å². The number of benzene rings is 2. The molecular weight excluding hydrogens is 376 g/mol. The molecule has 29 heavy (non-hydrogen) atoms. The molecule has 2 aliphatic rings. The van der Waals surface area contributed by atoms with E-state index in [1.165, 1.54) is 12.1 Å². The molecule has 0 radical (unpaired) electrons. The monoisotopic (exact) mass is 399 g/mol. The van der Waals surface area contributed by atoms with Crippen LogP contribution in [-0.2, 0) is 11.3 Å². The number of halogens is 2. The molecule has 3 amide bonds. The van der Waals surface area contributed by atoms with Crippen molar-refractivity contribution in [1.29, 1.82) is 0 Å². The van der Waals surface area contributed by atoms with Gasteiger partial charge in [-0.15, -0.1) is 0 Å². The highest BCUT2D eigenvalue weighted by Crippen LogP contribution is 2.29. The Morgan fingerprint density at radius 1 is 1.03 bits per heavy atom. The molecule has 4 rings (SSSR count). The maximum Gasteiger partial charge on any atom is 0.324 e. The fraction of sp³-hybridized carbons (Fsp3) is 0.364. The quantitative estimate of drug-likeness (QED) is 0.803. The van der Waals surface area contributed by atoms with Crippen LogP contribution in [-0.4, -0.2) is 29.9 Å². The molecule has 1 saturated heterocycles. The number of rotatable bonds is 5. The number of hydrogen-bond acceptors (Lipinski definition) is 2. The largest absolute Gasteiger partial charge is 0.326 e. The van der Waals surface area contributed by atoms with E-state index in [9.17, 15) is 18.4 Å². The van der Waals surface area contributed by atoms with Crippen molar-refractivity contribution < 1.29 is 18.4 Å². The number of carbonyl (C=O) groups excluding carboxylic acids is 2. The lowest BCUT2D eigenvalue weighted by atomic mass is 9.85. The van der Waals surface area contributed by atoms with Crippen LogP contribution in [0.4, 0.5) is 25.0 Å². The van der Waals surface area contributed by atoms with Crippen LogP contribution >= 0.6 is 0 Å². The normalized spacial score (nSPS) is 17.2. The van der Waals surface area contributed by atoms with Crippen LogP contribution in [0.3, 0.4) is 0 Å². The first-order chi connectivity index (χ1) is 14.0. The second-order valence-corrected chi connectivity index (χ2v) is 7.65. The van der Waals surface area contributed by atoms with E-state index in [4.69, 9.17) is 0 Å². The minimum Gasteiger partial charge on any atom is -0.326 e. The zero-order valence-corrected chi connectivity index (χ0v) is 16.0. The average Bonchev–Trinajstić information content (AvgIpc) is 2.61. The first kappa shape index (κ1) is 19.4. The second kappa shape index (κ2) is 8.19. The van der Waals surface area contributed by atoms with Crippen LogP contribution < -0.4 is 10.2 Å². The molecule has 0 aromatic heterocycles. The van der Waals surface area contributed by atoms with Crippen molar-refractivity contribution >= 4 is 23.3 Å². The summed E-state index contributed by atoms with van der Waals surface area (Å²) in [5.41, 5.74) is 1.77. The van der Waals surface area contributed by atoms with Gasteiger partial charge >= 0.3 is 6.03 Å². The summed E-state index contributed by atoms with van der Waals surface area (Å²) in [6, 6.07) is 10.3. The summed E-state index contributed by atoms with van der Waals surface area (Å²) >= 11 is 0. The van der Waals surface area contributed by atoms with Gasteiger partial charge in [-0.05, 0) is 55.2 Å². The third-order valence-corrected chi connectivity index (χ3v) is 5.51. The Morgan fingerprint density at radius 2 is 1.79 bits per heavy atom. The van der Waals surface area contributed by atoms with Gasteiger partial charge in [0.1, 0.15) is 11.6 Å². The summed E-state index contributed by atoms with van der Waals surface area (Å²) in [5, 5.41) is 2.93. The Kier molecular flexibility index (Phi) is 5.47. The van der Waals surface area contributed by atoms with Crippen LogP contribution in [0.25, 0.3) is 0 Å². The van der Waals surface area contributed by atoms with E-state index in [2.05, 4.69) is 5.32 Å². The molecule has 2 aromatic carbocycles. The lowest BCUT2D eigenvalue weighted by Crippen LogP contribution is -2.49. The van der Waals surface area contributed by atoms with Gasteiger partial charge in [-0.25, -0.2) is 13.6 Å². The van der Waals surface area contributed by atoms with Crippen LogP contribution in [0.1, 0.15) is 31.2 Å². The summed E-state index contributed by atoms with van der Waals surface area (Å²) in [6.07, 6.45) is 3.67. The van der Waals surface area contributed by atoms with E-state index in [1.54, 1.807) is 21.9 Å². The van der Waals surface area contributed by atoms with Gasteiger partial charge in [0.25, 0.3) is 0 Å². The number of anilines is 2. The Morgan fingerprint density at radius 3 is 2.48 bits per heavy atom. The van der Waals surface area contributed by atoms with Crippen LogP contribution in [0.5, 0.6) is 0 Å². The van der Waals surface area contributed by atoms with Gasteiger partial charge in [-0.3, -0.25) is 9.69 Å². The summed E-state index contributed by atoms with van der Waals surface area (Å²) in [4.78, 5) is 28.4. The molecule has 1 saturated carbocycles. The van der Waals surface area contributed by atoms with Crippen molar-refractivity contribution in [3.05, 3.63) is 59.7 Å². The number of nitrogens with zero attached hydrogens (tertiary/aromatic N) is 2. The van der Waals surface area contributed by atoms with Crippen molar-refractivity contribution in [2.24, 2.45) is 5.92 Å². The molecule has 0 unspecified atom stereocenters. The molecule has 1 heterocycles. The number of urea groups is 1. The minimum atomic E-state index is -0.656. The highest BCUT2D eigenvalue weighted by atomic mass is 19.1. The van der Waals surface area contributed by atoms with Crippen molar-refractivity contribution in [3.8, 4) is 0 Å². The molecule has 152 valence electrons.